The third kappa shape index (κ3) is 4.57. The predicted molar refractivity (Wildman–Crippen MR) is 74.2 cm³/mol. The zero-order valence-electron chi connectivity index (χ0n) is 10.4. The van der Waals surface area contributed by atoms with E-state index < -0.39 is 0 Å². The molecule has 1 aromatic rings. The van der Waals surface area contributed by atoms with E-state index in [2.05, 4.69) is 29.6 Å². The Balaban J connectivity index is 0.00000144. The van der Waals surface area contributed by atoms with Crippen molar-refractivity contribution >= 4 is 12.4 Å². The number of hydrogen-bond acceptors (Lipinski definition) is 2. The number of halogens is 1. The van der Waals surface area contributed by atoms with Crippen LogP contribution in [0.1, 0.15) is 25.3 Å². The van der Waals surface area contributed by atoms with Gasteiger partial charge in [0.05, 0.1) is 6.61 Å². The lowest BCUT2D eigenvalue weighted by molar-refractivity contribution is 0.340. The van der Waals surface area contributed by atoms with Gasteiger partial charge in [0.1, 0.15) is 5.75 Å². The van der Waals surface area contributed by atoms with Gasteiger partial charge in [-0.3, -0.25) is 0 Å². The molecular weight excluding hydrogens is 234 g/mol. The van der Waals surface area contributed by atoms with E-state index >= 15 is 0 Å². The maximum absolute atomic E-state index is 5.44. The van der Waals surface area contributed by atoms with Crippen molar-refractivity contribution in [1.29, 1.82) is 0 Å². The van der Waals surface area contributed by atoms with Crippen molar-refractivity contribution in [2.75, 3.05) is 19.7 Å². The number of hydrogen-bond donors (Lipinski definition) is 1. The summed E-state index contributed by atoms with van der Waals surface area (Å²) in [6.07, 6.45) is 3.88. The lowest BCUT2D eigenvalue weighted by Crippen LogP contribution is -2.30. The molecule has 96 valence electrons. The first-order valence-corrected chi connectivity index (χ1v) is 6.31. The molecule has 2 nitrogen and oxygen atoms in total. The van der Waals surface area contributed by atoms with Crippen LogP contribution in [-0.4, -0.2) is 19.7 Å². The first-order chi connectivity index (χ1) is 7.88. The second-order valence-electron chi connectivity index (χ2n) is 4.49. The number of nitrogens with one attached hydrogen (secondary N) is 1. The molecule has 1 aliphatic rings. The molecule has 1 heterocycles. The van der Waals surface area contributed by atoms with E-state index in [0.717, 1.165) is 18.3 Å². The standard InChI is InChI=1S/C14H21NO.ClH/c1-2-16-14-7-5-12(6-8-14)10-13-4-3-9-15-11-13;/h5-8,13,15H,2-4,9-11H2,1H3;1H/t13-;/m1./s1. The van der Waals surface area contributed by atoms with Gasteiger partial charge < -0.3 is 10.1 Å². The molecule has 3 heteroatoms. The summed E-state index contributed by atoms with van der Waals surface area (Å²) < 4.78 is 5.44. The summed E-state index contributed by atoms with van der Waals surface area (Å²) in [5.74, 6) is 1.79. The highest BCUT2D eigenvalue weighted by molar-refractivity contribution is 5.85. The molecule has 0 unspecified atom stereocenters. The molecule has 0 spiro atoms. The first kappa shape index (κ1) is 14.3. The Morgan fingerprint density at radius 1 is 1.29 bits per heavy atom. The van der Waals surface area contributed by atoms with Gasteiger partial charge in [-0.05, 0) is 62.9 Å². The van der Waals surface area contributed by atoms with Crippen LogP contribution in [-0.2, 0) is 6.42 Å². The van der Waals surface area contributed by atoms with Crippen LogP contribution in [0.25, 0.3) is 0 Å². The molecule has 0 radical (unpaired) electrons. The Morgan fingerprint density at radius 2 is 2.06 bits per heavy atom. The largest absolute Gasteiger partial charge is 0.494 e. The second kappa shape index (κ2) is 7.57. The van der Waals surface area contributed by atoms with Crippen molar-refractivity contribution in [2.45, 2.75) is 26.2 Å². The van der Waals surface area contributed by atoms with Crippen molar-refractivity contribution in [3.63, 3.8) is 0 Å². The summed E-state index contributed by atoms with van der Waals surface area (Å²) in [6.45, 7) is 5.13. The number of ether oxygens (including phenoxy) is 1. The van der Waals surface area contributed by atoms with E-state index in [1.807, 2.05) is 6.92 Å². The van der Waals surface area contributed by atoms with Crippen LogP contribution in [0, 0.1) is 5.92 Å². The molecule has 1 aromatic carbocycles. The van der Waals surface area contributed by atoms with Crippen LogP contribution < -0.4 is 10.1 Å². The lowest BCUT2D eigenvalue weighted by atomic mass is 9.92. The highest BCUT2D eigenvalue weighted by atomic mass is 35.5. The average molecular weight is 256 g/mol. The van der Waals surface area contributed by atoms with Crippen LogP contribution in [0.5, 0.6) is 5.75 Å². The minimum absolute atomic E-state index is 0. The van der Waals surface area contributed by atoms with Crippen molar-refractivity contribution in [2.24, 2.45) is 5.92 Å². The Hall–Kier alpha value is -0.730. The van der Waals surface area contributed by atoms with Crippen LogP contribution >= 0.6 is 12.4 Å². The minimum Gasteiger partial charge on any atom is -0.494 e. The third-order valence-electron chi connectivity index (χ3n) is 3.16. The summed E-state index contributed by atoms with van der Waals surface area (Å²) in [7, 11) is 0. The van der Waals surface area contributed by atoms with Gasteiger partial charge in [0.2, 0.25) is 0 Å². The maximum atomic E-state index is 5.44. The van der Waals surface area contributed by atoms with Gasteiger partial charge in [-0.2, -0.15) is 0 Å². The molecule has 0 saturated carbocycles. The molecule has 1 atom stereocenters. The molecule has 17 heavy (non-hydrogen) atoms. The van der Waals surface area contributed by atoms with Crippen LogP contribution in [0.15, 0.2) is 24.3 Å². The molecular formula is C14H22ClNO. The fraction of sp³-hybridized carbons (Fsp3) is 0.571. The predicted octanol–water partition coefficient (Wildman–Crippen LogP) is 3.05. The summed E-state index contributed by atoms with van der Waals surface area (Å²) in [5, 5.41) is 3.46. The molecule has 1 fully saturated rings. The van der Waals surface area contributed by atoms with Gasteiger partial charge in [0.15, 0.2) is 0 Å². The quantitative estimate of drug-likeness (QED) is 0.893. The fourth-order valence-corrected chi connectivity index (χ4v) is 2.32. The molecule has 0 aromatic heterocycles. The monoisotopic (exact) mass is 255 g/mol. The highest BCUT2D eigenvalue weighted by Crippen LogP contribution is 2.18. The summed E-state index contributed by atoms with van der Waals surface area (Å²) in [5.41, 5.74) is 1.43. The van der Waals surface area contributed by atoms with E-state index in [1.165, 1.54) is 37.9 Å². The average Bonchev–Trinajstić information content (AvgIpc) is 2.33. The fourth-order valence-electron chi connectivity index (χ4n) is 2.32. The molecule has 1 N–H and O–H groups in total. The lowest BCUT2D eigenvalue weighted by Gasteiger charge is -2.22. The van der Waals surface area contributed by atoms with E-state index in [9.17, 15) is 0 Å². The number of rotatable bonds is 4. The van der Waals surface area contributed by atoms with Gasteiger partial charge in [0, 0.05) is 0 Å². The van der Waals surface area contributed by atoms with Crippen molar-refractivity contribution in [3.8, 4) is 5.75 Å². The third-order valence-corrected chi connectivity index (χ3v) is 3.16. The zero-order chi connectivity index (χ0) is 11.2. The Bertz CT molecular complexity index is 307. The summed E-state index contributed by atoms with van der Waals surface area (Å²) in [6, 6.07) is 8.55. The Morgan fingerprint density at radius 3 is 2.65 bits per heavy atom. The molecule has 1 saturated heterocycles. The number of piperidine rings is 1. The Kier molecular flexibility index (Phi) is 6.38. The van der Waals surface area contributed by atoms with E-state index in [1.54, 1.807) is 0 Å². The SMILES string of the molecule is CCOc1ccc(C[C@H]2CCCNC2)cc1.Cl. The van der Waals surface area contributed by atoms with Crippen molar-refractivity contribution < 1.29 is 4.74 Å². The zero-order valence-corrected chi connectivity index (χ0v) is 11.3. The van der Waals surface area contributed by atoms with Gasteiger partial charge in [-0.1, -0.05) is 12.1 Å². The van der Waals surface area contributed by atoms with E-state index in [4.69, 9.17) is 4.74 Å². The topological polar surface area (TPSA) is 21.3 Å². The van der Waals surface area contributed by atoms with E-state index in [0.29, 0.717) is 0 Å². The summed E-state index contributed by atoms with van der Waals surface area (Å²) >= 11 is 0. The highest BCUT2D eigenvalue weighted by Gasteiger charge is 2.13. The van der Waals surface area contributed by atoms with Crippen LogP contribution in [0.2, 0.25) is 0 Å². The molecule has 0 aliphatic carbocycles. The molecule has 1 aliphatic heterocycles. The van der Waals surface area contributed by atoms with Crippen molar-refractivity contribution in [3.05, 3.63) is 29.8 Å². The first-order valence-electron chi connectivity index (χ1n) is 6.31. The normalized spacial score (nSPS) is 19.5. The van der Waals surface area contributed by atoms with Gasteiger partial charge >= 0.3 is 0 Å². The van der Waals surface area contributed by atoms with E-state index in [-0.39, 0.29) is 12.4 Å². The molecule has 0 amide bonds. The number of benzene rings is 1. The van der Waals surface area contributed by atoms with Crippen LogP contribution in [0.3, 0.4) is 0 Å². The van der Waals surface area contributed by atoms with Crippen molar-refractivity contribution in [1.82, 2.24) is 5.32 Å². The maximum Gasteiger partial charge on any atom is 0.119 e. The van der Waals surface area contributed by atoms with Gasteiger partial charge in [0.25, 0.3) is 0 Å². The molecule has 2 rings (SSSR count). The minimum atomic E-state index is 0. The second-order valence-corrected chi connectivity index (χ2v) is 4.49. The molecule has 0 bridgehead atoms. The summed E-state index contributed by atoms with van der Waals surface area (Å²) in [4.78, 5) is 0. The smallest absolute Gasteiger partial charge is 0.119 e. The van der Waals surface area contributed by atoms with Gasteiger partial charge in [-0.25, -0.2) is 0 Å². The van der Waals surface area contributed by atoms with Crippen LogP contribution in [0.4, 0.5) is 0 Å². The Labute approximate surface area is 110 Å². The van der Waals surface area contributed by atoms with Gasteiger partial charge in [-0.15, -0.1) is 12.4 Å².